The summed E-state index contributed by atoms with van der Waals surface area (Å²) in [5, 5.41) is 24.3. The number of carbonyl (C=O) groups is 4. The van der Waals surface area contributed by atoms with E-state index in [0.29, 0.717) is 46.6 Å². The molecule has 3 aromatic rings. The molecule has 1 aliphatic heterocycles. The molecule has 4 N–H and O–H groups in total. The minimum absolute atomic E-state index is 0.0273. The van der Waals surface area contributed by atoms with Crippen LogP contribution < -0.4 is 25.4 Å². The van der Waals surface area contributed by atoms with Crippen molar-refractivity contribution in [2.75, 3.05) is 39.1 Å². The fraction of sp³-hybridized carbons (Fsp3) is 0.581. The second kappa shape index (κ2) is 17.5. The third-order valence-electron chi connectivity index (χ3n) is 11.3. The van der Waals surface area contributed by atoms with Crippen LogP contribution in [0.3, 0.4) is 0 Å². The van der Waals surface area contributed by atoms with Crippen molar-refractivity contribution in [1.82, 2.24) is 35.2 Å². The van der Waals surface area contributed by atoms with E-state index in [9.17, 15) is 24.3 Å². The van der Waals surface area contributed by atoms with Crippen molar-refractivity contribution in [3.63, 3.8) is 0 Å². The van der Waals surface area contributed by atoms with E-state index in [1.165, 1.54) is 11.0 Å². The smallest absolute Gasteiger partial charge is 0.408 e. The van der Waals surface area contributed by atoms with Crippen LogP contribution in [0.25, 0.3) is 16.7 Å². The van der Waals surface area contributed by atoms with Gasteiger partial charge >= 0.3 is 12.1 Å². The molecule has 2 saturated carbocycles. The van der Waals surface area contributed by atoms with Crippen LogP contribution in [0.2, 0.25) is 0 Å². The average molecular weight is 817 g/mol. The highest BCUT2D eigenvalue weighted by atomic mass is 16.6. The van der Waals surface area contributed by atoms with Crippen molar-refractivity contribution >= 4 is 40.6 Å². The first-order chi connectivity index (χ1) is 27.9. The van der Waals surface area contributed by atoms with Gasteiger partial charge in [0.2, 0.25) is 11.8 Å². The Morgan fingerprint density at radius 3 is 2.49 bits per heavy atom. The highest BCUT2D eigenvalue weighted by Gasteiger charge is 2.61. The lowest BCUT2D eigenvalue weighted by molar-refractivity contribution is -0.146. The molecule has 16 heteroatoms. The van der Waals surface area contributed by atoms with Gasteiger partial charge in [-0.05, 0) is 77.1 Å². The average Bonchev–Trinajstić information content (AvgIpc) is 3.47. The predicted octanol–water partition coefficient (Wildman–Crippen LogP) is 5.00. The van der Waals surface area contributed by atoms with Gasteiger partial charge in [-0.15, -0.1) is 11.7 Å². The number of hydrogen-bond acceptors (Lipinski definition) is 11. The van der Waals surface area contributed by atoms with E-state index in [4.69, 9.17) is 19.2 Å². The number of amides is 3. The van der Waals surface area contributed by atoms with Crippen LogP contribution in [-0.2, 0) is 19.1 Å². The maximum absolute atomic E-state index is 14.7. The molecule has 0 bridgehead atoms. The number of fused-ring (bicyclic) bond motifs is 1. The van der Waals surface area contributed by atoms with Crippen LogP contribution in [-0.4, -0.2) is 123 Å². The Balaban J connectivity index is 1.32. The van der Waals surface area contributed by atoms with Crippen LogP contribution in [0.5, 0.6) is 11.5 Å². The molecule has 1 aromatic carbocycles. The van der Waals surface area contributed by atoms with Gasteiger partial charge in [0.15, 0.2) is 5.82 Å². The van der Waals surface area contributed by atoms with E-state index >= 15 is 0 Å². The second-order valence-electron chi connectivity index (χ2n) is 17.9. The summed E-state index contributed by atoms with van der Waals surface area (Å²) in [6, 6.07) is 7.11. The van der Waals surface area contributed by atoms with Crippen molar-refractivity contribution in [2.24, 2.45) is 17.3 Å². The van der Waals surface area contributed by atoms with Crippen molar-refractivity contribution < 1.29 is 38.5 Å². The quantitative estimate of drug-likeness (QED) is 0.142. The number of nitrogens with zero attached hydrogens (tertiary/aromatic N) is 5. The first kappa shape index (κ1) is 43.2. The van der Waals surface area contributed by atoms with Crippen molar-refractivity contribution in [3.05, 3.63) is 49.2 Å². The van der Waals surface area contributed by atoms with E-state index in [0.717, 1.165) is 25.8 Å². The van der Waals surface area contributed by atoms with Crippen LogP contribution in [0.1, 0.15) is 73.6 Å². The Hall–Kier alpha value is -5.38. The SMILES string of the molecule is C=C[C@@H]1C[C@]1(NC(=O)[C@@H]1C[C@@H](Oc2cc(-n3ccc(NC(C)C)n3)nc3cc(OCCN(C)C)ccc23)CN1C(=O)[C@@H](NC(=O)O[C@@H]1CC[C@H](C)C1)C(C)(C)C)C(=O)O. The lowest BCUT2D eigenvalue weighted by atomic mass is 9.85. The van der Waals surface area contributed by atoms with Crippen molar-refractivity contribution in [1.29, 1.82) is 0 Å². The minimum atomic E-state index is -1.52. The number of rotatable bonds is 16. The van der Waals surface area contributed by atoms with Gasteiger partial charge in [-0.3, -0.25) is 9.59 Å². The second-order valence-corrected chi connectivity index (χ2v) is 17.9. The first-order valence-corrected chi connectivity index (χ1v) is 20.5. The number of anilines is 1. The van der Waals surface area contributed by atoms with Crippen molar-refractivity contribution in [3.8, 4) is 17.3 Å². The summed E-state index contributed by atoms with van der Waals surface area (Å²) < 4.78 is 20.2. The summed E-state index contributed by atoms with van der Waals surface area (Å²) in [5.74, 6) is -0.150. The zero-order valence-corrected chi connectivity index (χ0v) is 35.5. The topological polar surface area (TPSA) is 189 Å². The number of pyridine rings is 1. The Kier molecular flexibility index (Phi) is 12.8. The highest BCUT2D eigenvalue weighted by molar-refractivity contribution is 5.96. The Bertz CT molecular complexity index is 2040. The number of carboxylic acids is 1. The molecule has 2 aromatic heterocycles. The van der Waals surface area contributed by atoms with Gasteiger partial charge in [-0.25, -0.2) is 19.3 Å². The number of carboxylic acid groups (broad SMARTS) is 1. The Morgan fingerprint density at radius 2 is 1.86 bits per heavy atom. The number of benzene rings is 1. The predicted molar refractivity (Wildman–Crippen MR) is 223 cm³/mol. The third-order valence-corrected chi connectivity index (χ3v) is 11.3. The van der Waals surface area contributed by atoms with E-state index in [1.54, 1.807) is 16.9 Å². The minimum Gasteiger partial charge on any atom is -0.492 e. The van der Waals surface area contributed by atoms with Gasteiger partial charge in [-0.1, -0.05) is 33.8 Å². The van der Waals surface area contributed by atoms with Crippen LogP contribution in [0, 0.1) is 17.3 Å². The van der Waals surface area contributed by atoms with Gasteiger partial charge in [0.25, 0.3) is 0 Å². The molecular weight excluding hydrogens is 757 g/mol. The van der Waals surface area contributed by atoms with Gasteiger partial charge in [0.1, 0.15) is 53.8 Å². The standard InChI is InChI=1S/C43H60N8O8/c1-10-27-23-43(27,40(54)55)47-38(52)33-21-30(24-50(33)39(53)37(42(5,6)7)46-41(56)59-29-12-11-26(4)19-29)58-34-22-36(51-16-15-35(48-51)44-25(2)3)45-32-20-28(13-14-31(32)34)57-18-17-49(8)9/h10,13-16,20,22,25-27,29-30,33,37H,1,11-12,17-19,21,23-24H2,2-9H3,(H,44,48)(H,46,56)(H,47,52)(H,54,55)/t26-,27+,29+,30+,33-,37+,43+/m0/s1. The summed E-state index contributed by atoms with van der Waals surface area (Å²) >= 11 is 0. The number of likely N-dealkylation sites (N-methyl/N-ethyl adjacent to an activating group) is 1. The molecule has 59 heavy (non-hydrogen) atoms. The Labute approximate surface area is 346 Å². The fourth-order valence-electron chi connectivity index (χ4n) is 7.89. The number of carbonyl (C=O) groups excluding carboxylic acids is 3. The zero-order valence-electron chi connectivity index (χ0n) is 35.5. The molecule has 320 valence electrons. The van der Waals surface area contributed by atoms with Gasteiger partial charge in [-0.2, -0.15) is 0 Å². The number of nitrogens with one attached hydrogen (secondary N) is 3. The van der Waals surface area contributed by atoms with Crippen LogP contribution in [0.15, 0.2) is 49.2 Å². The normalized spacial score (nSPS) is 24.5. The number of ether oxygens (including phenoxy) is 3. The van der Waals surface area contributed by atoms with Crippen LogP contribution >= 0.6 is 0 Å². The van der Waals surface area contributed by atoms with Gasteiger partial charge < -0.3 is 45.1 Å². The largest absolute Gasteiger partial charge is 0.492 e. The molecule has 3 fully saturated rings. The summed E-state index contributed by atoms with van der Waals surface area (Å²) in [7, 11) is 3.94. The molecule has 1 saturated heterocycles. The molecule has 0 unspecified atom stereocenters. The molecule has 3 heterocycles. The molecule has 0 spiro atoms. The number of hydrogen-bond donors (Lipinski definition) is 4. The van der Waals surface area contributed by atoms with E-state index in [2.05, 4.69) is 34.6 Å². The lowest BCUT2D eigenvalue weighted by Crippen LogP contribution is -2.59. The third kappa shape index (κ3) is 10.1. The zero-order chi connectivity index (χ0) is 42.8. The van der Waals surface area contributed by atoms with Crippen LogP contribution in [0.4, 0.5) is 10.6 Å². The number of alkyl carbamates (subject to hydrolysis) is 1. The Morgan fingerprint density at radius 1 is 1.10 bits per heavy atom. The molecular formula is C43H60N8O8. The van der Waals surface area contributed by atoms with Gasteiger partial charge in [0.05, 0.1) is 12.1 Å². The highest BCUT2D eigenvalue weighted by Crippen LogP contribution is 2.45. The maximum atomic E-state index is 14.7. The van der Waals surface area contributed by atoms with E-state index < -0.39 is 58.9 Å². The molecule has 3 amide bonds. The van der Waals surface area contributed by atoms with Crippen molar-refractivity contribution in [2.45, 2.75) is 110 Å². The summed E-state index contributed by atoms with van der Waals surface area (Å²) in [6.45, 7) is 16.5. The molecule has 0 radical (unpaired) electrons. The van der Waals surface area contributed by atoms with Gasteiger partial charge in [0, 0.05) is 54.7 Å². The lowest BCUT2D eigenvalue weighted by Gasteiger charge is -2.35. The fourth-order valence-corrected chi connectivity index (χ4v) is 7.89. The summed E-state index contributed by atoms with van der Waals surface area (Å²) in [6.07, 6.45) is 4.32. The number of likely N-dealkylation sites (tertiary alicyclic amines) is 1. The molecule has 2 aliphatic carbocycles. The number of aliphatic carboxylic acids is 1. The maximum Gasteiger partial charge on any atom is 0.408 e. The molecule has 6 rings (SSSR count). The monoisotopic (exact) mass is 816 g/mol. The summed E-state index contributed by atoms with van der Waals surface area (Å²) in [5.41, 5.74) is -1.73. The molecule has 7 atom stereocenters. The van der Waals surface area contributed by atoms with E-state index in [1.807, 2.05) is 77.9 Å². The first-order valence-electron chi connectivity index (χ1n) is 20.5. The summed E-state index contributed by atoms with van der Waals surface area (Å²) in [4.78, 5) is 63.0. The number of aromatic nitrogens is 3. The molecule has 16 nitrogen and oxygen atoms in total. The molecule has 3 aliphatic rings. The van der Waals surface area contributed by atoms with E-state index in [-0.39, 0.29) is 31.5 Å².